The van der Waals surface area contributed by atoms with Gasteiger partial charge in [-0.1, -0.05) is 38.1 Å². The Morgan fingerprint density at radius 3 is 2.89 bits per heavy atom. The SMILES string of the molecule is CC(C)CC1CN2CCc3ccccc3C2CC1P. The molecule has 1 fully saturated rings. The van der Waals surface area contributed by atoms with E-state index in [0.29, 0.717) is 6.04 Å². The smallest absolute Gasteiger partial charge is 0.0357 e. The van der Waals surface area contributed by atoms with Gasteiger partial charge in [-0.15, -0.1) is 9.24 Å². The molecular weight excluding hydrogens is 249 g/mol. The summed E-state index contributed by atoms with van der Waals surface area (Å²) in [6.45, 7) is 7.27. The van der Waals surface area contributed by atoms with Crippen molar-refractivity contribution in [2.45, 2.75) is 44.8 Å². The molecule has 1 aromatic rings. The lowest BCUT2D eigenvalue weighted by molar-refractivity contribution is 0.0943. The fraction of sp³-hybridized carbons (Fsp3) is 0.647. The molecule has 19 heavy (non-hydrogen) atoms. The molecular formula is C17H26NP. The van der Waals surface area contributed by atoms with E-state index in [-0.39, 0.29) is 0 Å². The van der Waals surface area contributed by atoms with Gasteiger partial charge in [0.2, 0.25) is 0 Å². The zero-order valence-corrected chi connectivity index (χ0v) is 13.3. The van der Waals surface area contributed by atoms with Crippen LogP contribution in [0.1, 0.15) is 43.9 Å². The zero-order valence-electron chi connectivity index (χ0n) is 12.2. The molecule has 0 saturated carbocycles. The van der Waals surface area contributed by atoms with Gasteiger partial charge >= 0.3 is 0 Å². The van der Waals surface area contributed by atoms with E-state index in [9.17, 15) is 0 Å². The van der Waals surface area contributed by atoms with Crippen LogP contribution in [-0.2, 0) is 6.42 Å². The van der Waals surface area contributed by atoms with Crippen LogP contribution < -0.4 is 0 Å². The van der Waals surface area contributed by atoms with Crippen molar-refractivity contribution in [3.63, 3.8) is 0 Å². The molecule has 1 aromatic carbocycles. The maximum absolute atomic E-state index is 3.14. The Balaban J connectivity index is 1.80. The minimum Gasteiger partial charge on any atom is -0.296 e. The van der Waals surface area contributed by atoms with Crippen LogP contribution in [0, 0.1) is 11.8 Å². The lowest BCUT2D eigenvalue weighted by Crippen LogP contribution is -2.46. The summed E-state index contributed by atoms with van der Waals surface area (Å²) in [6, 6.07) is 9.75. The summed E-state index contributed by atoms with van der Waals surface area (Å²) in [5.41, 5.74) is 3.97. The quantitative estimate of drug-likeness (QED) is 0.740. The molecule has 4 unspecified atom stereocenters. The molecule has 0 N–H and O–H groups in total. The highest BCUT2D eigenvalue weighted by Crippen LogP contribution is 2.42. The number of nitrogens with zero attached hydrogens (tertiary/aromatic N) is 1. The largest absolute Gasteiger partial charge is 0.296 e. The van der Waals surface area contributed by atoms with Crippen LogP contribution >= 0.6 is 9.24 Å². The molecule has 104 valence electrons. The average Bonchev–Trinajstić information content (AvgIpc) is 2.39. The second-order valence-corrected chi connectivity index (χ2v) is 7.61. The van der Waals surface area contributed by atoms with Gasteiger partial charge in [0.05, 0.1) is 0 Å². The van der Waals surface area contributed by atoms with Crippen molar-refractivity contribution in [3.05, 3.63) is 35.4 Å². The first-order chi connectivity index (χ1) is 9.15. The molecule has 1 saturated heterocycles. The first-order valence-electron chi connectivity index (χ1n) is 7.72. The van der Waals surface area contributed by atoms with Crippen LogP contribution in [0.15, 0.2) is 24.3 Å². The predicted molar refractivity (Wildman–Crippen MR) is 85.5 cm³/mol. The third-order valence-electron chi connectivity index (χ3n) is 4.87. The van der Waals surface area contributed by atoms with Crippen LogP contribution in [0.2, 0.25) is 0 Å². The highest BCUT2D eigenvalue weighted by atomic mass is 31.0. The number of piperidine rings is 1. The van der Waals surface area contributed by atoms with Crippen molar-refractivity contribution in [2.75, 3.05) is 13.1 Å². The van der Waals surface area contributed by atoms with E-state index >= 15 is 0 Å². The van der Waals surface area contributed by atoms with Gasteiger partial charge in [0, 0.05) is 19.1 Å². The highest BCUT2D eigenvalue weighted by molar-refractivity contribution is 7.17. The maximum atomic E-state index is 3.14. The summed E-state index contributed by atoms with van der Waals surface area (Å²) in [5, 5.41) is 0. The minimum absolute atomic E-state index is 0.677. The van der Waals surface area contributed by atoms with Gasteiger partial charge in [0.15, 0.2) is 0 Å². The second-order valence-electron chi connectivity index (χ2n) is 6.75. The summed E-state index contributed by atoms with van der Waals surface area (Å²) in [5.74, 6) is 1.69. The minimum atomic E-state index is 0.677. The third-order valence-corrected chi connectivity index (χ3v) is 5.68. The van der Waals surface area contributed by atoms with Crippen molar-refractivity contribution in [1.82, 2.24) is 4.90 Å². The van der Waals surface area contributed by atoms with Gasteiger partial charge < -0.3 is 0 Å². The Morgan fingerprint density at radius 1 is 1.32 bits per heavy atom. The van der Waals surface area contributed by atoms with E-state index in [2.05, 4.69) is 52.3 Å². The molecule has 3 rings (SSSR count). The van der Waals surface area contributed by atoms with Gasteiger partial charge in [0.25, 0.3) is 0 Å². The molecule has 0 bridgehead atoms. The van der Waals surface area contributed by atoms with Gasteiger partial charge in [0.1, 0.15) is 0 Å². The molecule has 1 nitrogen and oxygen atoms in total. The number of hydrogen-bond donors (Lipinski definition) is 0. The molecule has 4 atom stereocenters. The molecule has 0 amide bonds. The van der Waals surface area contributed by atoms with Crippen LogP contribution in [-0.4, -0.2) is 23.6 Å². The topological polar surface area (TPSA) is 3.24 Å². The zero-order chi connectivity index (χ0) is 13.4. The molecule has 0 spiro atoms. The first-order valence-corrected chi connectivity index (χ1v) is 8.39. The summed E-state index contributed by atoms with van der Waals surface area (Å²) in [4.78, 5) is 2.75. The van der Waals surface area contributed by atoms with E-state index in [1.165, 1.54) is 32.4 Å². The normalized spacial score (nSPS) is 31.1. The van der Waals surface area contributed by atoms with Gasteiger partial charge in [-0.3, -0.25) is 4.90 Å². The molecule has 2 aliphatic heterocycles. The summed E-state index contributed by atoms with van der Waals surface area (Å²) >= 11 is 0. The lowest BCUT2D eigenvalue weighted by atomic mass is 9.80. The summed E-state index contributed by atoms with van der Waals surface area (Å²) in [6.07, 6.45) is 3.93. The molecule has 0 aliphatic carbocycles. The van der Waals surface area contributed by atoms with E-state index in [4.69, 9.17) is 0 Å². The Morgan fingerprint density at radius 2 is 2.11 bits per heavy atom. The van der Waals surface area contributed by atoms with Crippen LogP contribution in [0.3, 0.4) is 0 Å². The Bertz CT molecular complexity index is 443. The lowest BCUT2D eigenvalue weighted by Gasteiger charge is -2.46. The van der Waals surface area contributed by atoms with Gasteiger partial charge in [-0.05, 0) is 47.9 Å². The van der Waals surface area contributed by atoms with Crippen LogP contribution in [0.5, 0.6) is 0 Å². The summed E-state index contributed by atoms with van der Waals surface area (Å²) in [7, 11) is 3.14. The number of hydrogen-bond acceptors (Lipinski definition) is 1. The van der Waals surface area contributed by atoms with Gasteiger partial charge in [-0.2, -0.15) is 0 Å². The van der Waals surface area contributed by atoms with E-state index < -0.39 is 0 Å². The molecule has 2 aliphatic rings. The fourth-order valence-electron chi connectivity index (χ4n) is 3.94. The fourth-order valence-corrected chi connectivity index (χ4v) is 4.48. The van der Waals surface area contributed by atoms with E-state index in [1.54, 1.807) is 11.1 Å². The van der Waals surface area contributed by atoms with Crippen molar-refractivity contribution < 1.29 is 0 Å². The van der Waals surface area contributed by atoms with E-state index in [1.807, 2.05) is 0 Å². The standard InChI is InChI=1S/C17H26NP/c1-12(2)9-14-11-18-8-7-13-5-3-4-6-15(13)16(18)10-17(14)19/h3-6,12,14,16-17H,7-11,19H2,1-2H3. The molecule has 2 heteroatoms. The monoisotopic (exact) mass is 275 g/mol. The first kappa shape index (κ1) is 13.6. The Kier molecular flexibility index (Phi) is 3.96. The molecule has 2 heterocycles. The molecule has 0 aromatic heterocycles. The summed E-state index contributed by atoms with van der Waals surface area (Å²) < 4.78 is 0. The van der Waals surface area contributed by atoms with Crippen molar-refractivity contribution >= 4 is 9.24 Å². The van der Waals surface area contributed by atoms with Crippen molar-refractivity contribution in [3.8, 4) is 0 Å². The number of fused-ring (bicyclic) bond motifs is 3. The predicted octanol–water partition coefficient (Wildman–Crippen LogP) is 3.90. The van der Waals surface area contributed by atoms with E-state index in [0.717, 1.165) is 17.5 Å². The maximum Gasteiger partial charge on any atom is 0.0357 e. The average molecular weight is 275 g/mol. The van der Waals surface area contributed by atoms with Crippen molar-refractivity contribution in [1.29, 1.82) is 0 Å². The number of rotatable bonds is 2. The number of benzene rings is 1. The Labute approximate surface area is 120 Å². The van der Waals surface area contributed by atoms with Crippen molar-refractivity contribution in [2.24, 2.45) is 11.8 Å². The second kappa shape index (κ2) is 5.54. The Hall–Kier alpha value is -0.390. The highest BCUT2D eigenvalue weighted by Gasteiger charge is 2.36. The third kappa shape index (κ3) is 2.73. The van der Waals surface area contributed by atoms with Gasteiger partial charge in [-0.25, -0.2) is 0 Å². The van der Waals surface area contributed by atoms with Crippen LogP contribution in [0.25, 0.3) is 0 Å². The van der Waals surface area contributed by atoms with Crippen LogP contribution in [0.4, 0.5) is 0 Å². The molecule has 0 radical (unpaired) electrons.